The van der Waals surface area contributed by atoms with Gasteiger partial charge in [-0.25, -0.2) is 4.39 Å². The molecule has 0 fully saturated rings. The zero-order valence-electron chi connectivity index (χ0n) is 9.04. The fourth-order valence-electron chi connectivity index (χ4n) is 1.69. The maximum atomic E-state index is 13.0. The molecule has 17 heavy (non-hydrogen) atoms. The minimum Gasteiger partial charge on any atom is -0.207 e. The number of halogens is 3. The summed E-state index contributed by atoms with van der Waals surface area (Å²) in [5.74, 6) is -0.260. The Bertz CT molecular complexity index is 499. The van der Waals surface area contributed by atoms with E-state index in [-0.39, 0.29) is 11.2 Å². The zero-order chi connectivity index (χ0) is 12.3. The van der Waals surface area contributed by atoms with Gasteiger partial charge in [0.15, 0.2) is 0 Å². The highest BCUT2D eigenvalue weighted by molar-refractivity contribution is 9.10. The number of hydrogen-bond acceptors (Lipinski definition) is 0. The van der Waals surface area contributed by atoms with Crippen molar-refractivity contribution < 1.29 is 4.39 Å². The fourth-order valence-corrected chi connectivity index (χ4v) is 2.81. The molecular weight excluding hydrogens is 303 g/mol. The van der Waals surface area contributed by atoms with Gasteiger partial charge in [0.25, 0.3) is 0 Å². The molecule has 2 rings (SSSR count). The lowest BCUT2D eigenvalue weighted by Gasteiger charge is -2.12. The molecule has 0 amide bonds. The zero-order valence-corrected chi connectivity index (χ0v) is 11.4. The second-order valence-electron chi connectivity index (χ2n) is 3.82. The normalized spacial score (nSPS) is 12.4. The molecule has 0 aliphatic carbocycles. The lowest BCUT2D eigenvalue weighted by atomic mass is 10.0. The molecule has 0 spiro atoms. The summed E-state index contributed by atoms with van der Waals surface area (Å²) in [4.78, 5) is 0. The second kappa shape index (κ2) is 5.65. The Hall–Kier alpha value is -0.860. The molecule has 2 aromatic carbocycles. The topological polar surface area (TPSA) is 0 Å². The first-order chi connectivity index (χ1) is 8.16. The van der Waals surface area contributed by atoms with E-state index in [0.29, 0.717) is 4.47 Å². The van der Waals surface area contributed by atoms with Crippen LogP contribution in [0.15, 0.2) is 53.0 Å². The Labute approximate surface area is 114 Å². The number of hydrogen-bond donors (Lipinski definition) is 0. The van der Waals surface area contributed by atoms with Gasteiger partial charge in [0, 0.05) is 4.47 Å². The van der Waals surface area contributed by atoms with E-state index in [9.17, 15) is 4.39 Å². The maximum Gasteiger partial charge on any atom is 0.124 e. The van der Waals surface area contributed by atoms with Crippen LogP contribution >= 0.6 is 27.5 Å². The molecule has 2 aromatic rings. The highest BCUT2D eigenvalue weighted by atomic mass is 79.9. The summed E-state index contributed by atoms with van der Waals surface area (Å²) < 4.78 is 13.7. The van der Waals surface area contributed by atoms with E-state index in [1.165, 1.54) is 17.7 Å². The quantitative estimate of drug-likeness (QED) is 0.691. The van der Waals surface area contributed by atoms with Crippen LogP contribution in [0.3, 0.4) is 0 Å². The van der Waals surface area contributed by atoms with Crippen molar-refractivity contribution in [1.29, 1.82) is 0 Å². The van der Waals surface area contributed by atoms with Crippen molar-refractivity contribution in [2.45, 2.75) is 11.8 Å². The third-order valence-electron chi connectivity index (χ3n) is 2.56. The van der Waals surface area contributed by atoms with E-state index >= 15 is 0 Å². The molecule has 1 atom stereocenters. The Morgan fingerprint density at radius 2 is 1.82 bits per heavy atom. The van der Waals surface area contributed by atoms with Crippen LogP contribution in [0.4, 0.5) is 4.39 Å². The van der Waals surface area contributed by atoms with Crippen molar-refractivity contribution in [3.8, 4) is 0 Å². The van der Waals surface area contributed by atoms with Crippen LogP contribution in [-0.4, -0.2) is 0 Å². The number of rotatable bonds is 3. The van der Waals surface area contributed by atoms with Crippen LogP contribution in [0.1, 0.15) is 16.5 Å². The molecule has 1 unspecified atom stereocenters. The van der Waals surface area contributed by atoms with E-state index < -0.39 is 0 Å². The third-order valence-corrected chi connectivity index (χ3v) is 3.63. The van der Waals surface area contributed by atoms with Gasteiger partial charge in [-0.2, -0.15) is 0 Å². The number of alkyl halides is 1. The van der Waals surface area contributed by atoms with Gasteiger partial charge < -0.3 is 0 Å². The fraction of sp³-hybridized carbons (Fsp3) is 0.143. The summed E-state index contributed by atoms with van der Waals surface area (Å²) in [6.07, 6.45) is 0.729. The lowest BCUT2D eigenvalue weighted by Crippen LogP contribution is -1.97. The average Bonchev–Trinajstić information content (AvgIpc) is 2.30. The predicted molar refractivity (Wildman–Crippen MR) is 72.8 cm³/mol. The van der Waals surface area contributed by atoms with Crippen LogP contribution in [0.25, 0.3) is 0 Å². The standard InChI is InChI=1S/C14H11BrClF/c15-13-9-11(17)6-7-12(13)14(16)8-10-4-2-1-3-5-10/h1-7,9,14H,8H2. The van der Waals surface area contributed by atoms with E-state index in [0.717, 1.165) is 12.0 Å². The van der Waals surface area contributed by atoms with E-state index in [1.807, 2.05) is 30.3 Å². The molecule has 0 aliphatic rings. The molecule has 0 bridgehead atoms. The first kappa shape index (κ1) is 12.6. The van der Waals surface area contributed by atoms with Gasteiger partial charge in [0.2, 0.25) is 0 Å². The van der Waals surface area contributed by atoms with Crippen molar-refractivity contribution in [1.82, 2.24) is 0 Å². The predicted octanol–water partition coefficient (Wildman–Crippen LogP) is 5.11. The Kier molecular flexibility index (Phi) is 4.19. The van der Waals surface area contributed by atoms with Crippen LogP contribution in [0.2, 0.25) is 0 Å². The van der Waals surface area contributed by atoms with E-state index in [2.05, 4.69) is 15.9 Å². The van der Waals surface area contributed by atoms with Crippen LogP contribution in [-0.2, 0) is 6.42 Å². The first-order valence-corrected chi connectivity index (χ1v) is 6.52. The smallest absolute Gasteiger partial charge is 0.124 e. The summed E-state index contributed by atoms with van der Waals surface area (Å²) in [5, 5.41) is -0.160. The Morgan fingerprint density at radius 3 is 2.47 bits per heavy atom. The van der Waals surface area contributed by atoms with Gasteiger partial charge in [-0.15, -0.1) is 11.6 Å². The van der Waals surface area contributed by atoms with Crippen molar-refractivity contribution in [2.24, 2.45) is 0 Å². The number of benzene rings is 2. The minimum atomic E-state index is -0.260. The molecule has 0 saturated heterocycles. The molecule has 3 heteroatoms. The summed E-state index contributed by atoms with van der Waals surface area (Å²) in [6.45, 7) is 0. The molecule has 88 valence electrons. The van der Waals surface area contributed by atoms with E-state index in [4.69, 9.17) is 11.6 Å². The summed E-state index contributed by atoms with van der Waals surface area (Å²) in [6, 6.07) is 14.6. The monoisotopic (exact) mass is 312 g/mol. The highest BCUT2D eigenvalue weighted by Crippen LogP contribution is 2.31. The molecule has 0 saturated carbocycles. The van der Waals surface area contributed by atoms with Crippen molar-refractivity contribution in [3.05, 3.63) is 69.9 Å². The molecule has 0 aliphatic heterocycles. The van der Waals surface area contributed by atoms with Gasteiger partial charge >= 0.3 is 0 Å². The van der Waals surface area contributed by atoms with Crippen LogP contribution in [0, 0.1) is 5.82 Å². The van der Waals surface area contributed by atoms with Crippen molar-refractivity contribution >= 4 is 27.5 Å². The molecular formula is C14H11BrClF. The van der Waals surface area contributed by atoms with Gasteiger partial charge in [-0.3, -0.25) is 0 Å². The molecule has 0 nitrogen and oxygen atoms in total. The van der Waals surface area contributed by atoms with Gasteiger partial charge in [-0.05, 0) is 29.7 Å². The maximum absolute atomic E-state index is 13.0. The van der Waals surface area contributed by atoms with E-state index in [1.54, 1.807) is 6.07 Å². The van der Waals surface area contributed by atoms with Gasteiger partial charge in [-0.1, -0.05) is 52.3 Å². The van der Waals surface area contributed by atoms with Crippen LogP contribution < -0.4 is 0 Å². The molecule has 0 N–H and O–H groups in total. The highest BCUT2D eigenvalue weighted by Gasteiger charge is 2.12. The average molecular weight is 314 g/mol. The summed E-state index contributed by atoms with van der Waals surface area (Å²) in [5.41, 5.74) is 2.08. The largest absolute Gasteiger partial charge is 0.207 e. The van der Waals surface area contributed by atoms with Gasteiger partial charge in [0.05, 0.1) is 5.38 Å². The lowest BCUT2D eigenvalue weighted by molar-refractivity contribution is 0.625. The second-order valence-corrected chi connectivity index (χ2v) is 5.20. The Morgan fingerprint density at radius 1 is 1.12 bits per heavy atom. The Balaban J connectivity index is 2.17. The SMILES string of the molecule is Fc1ccc(C(Cl)Cc2ccccc2)c(Br)c1. The van der Waals surface area contributed by atoms with Crippen LogP contribution in [0.5, 0.6) is 0 Å². The summed E-state index contributed by atoms with van der Waals surface area (Å²) in [7, 11) is 0. The molecule has 0 aromatic heterocycles. The molecule has 0 heterocycles. The van der Waals surface area contributed by atoms with Crippen molar-refractivity contribution in [2.75, 3.05) is 0 Å². The molecule has 0 radical (unpaired) electrons. The third kappa shape index (κ3) is 3.30. The minimum absolute atomic E-state index is 0.160. The first-order valence-electron chi connectivity index (χ1n) is 5.30. The van der Waals surface area contributed by atoms with Gasteiger partial charge in [0.1, 0.15) is 5.82 Å². The summed E-state index contributed by atoms with van der Waals surface area (Å²) >= 11 is 9.68. The van der Waals surface area contributed by atoms with Crippen molar-refractivity contribution in [3.63, 3.8) is 0 Å².